The van der Waals surface area contributed by atoms with E-state index in [0.29, 0.717) is 5.56 Å². The minimum atomic E-state index is -3.35. The molecule has 1 aromatic rings. The SMILES string of the molecule is CS(=O)(=O)c1cccc(Cl)c1CN=[N+]=[N-]. The molecule has 1 aromatic carbocycles. The summed E-state index contributed by atoms with van der Waals surface area (Å²) in [6.45, 7) is -0.0709. The smallest absolute Gasteiger partial charge is 0.175 e. The molecule has 0 radical (unpaired) electrons. The third kappa shape index (κ3) is 2.86. The monoisotopic (exact) mass is 245 g/mol. The van der Waals surface area contributed by atoms with Crippen molar-refractivity contribution in [2.45, 2.75) is 11.4 Å². The van der Waals surface area contributed by atoms with E-state index in [1.807, 2.05) is 0 Å². The molecule has 0 saturated carbocycles. The molecule has 0 bridgehead atoms. The molecular formula is C8H8ClN3O2S. The summed E-state index contributed by atoms with van der Waals surface area (Å²) in [6, 6.07) is 4.53. The number of azide groups is 1. The van der Waals surface area contributed by atoms with E-state index in [9.17, 15) is 8.42 Å². The van der Waals surface area contributed by atoms with Gasteiger partial charge >= 0.3 is 0 Å². The first-order valence-electron chi connectivity index (χ1n) is 3.95. The largest absolute Gasteiger partial charge is 0.224 e. The summed E-state index contributed by atoms with van der Waals surface area (Å²) in [4.78, 5) is 2.67. The maximum Gasteiger partial charge on any atom is 0.175 e. The Morgan fingerprint density at radius 2 is 2.20 bits per heavy atom. The summed E-state index contributed by atoms with van der Waals surface area (Å²) in [6.07, 6.45) is 1.08. The maximum absolute atomic E-state index is 11.4. The van der Waals surface area contributed by atoms with Crippen LogP contribution in [-0.4, -0.2) is 14.7 Å². The predicted octanol–water partition coefficient (Wildman–Crippen LogP) is 2.55. The minimum absolute atomic E-state index is 0.0709. The highest BCUT2D eigenvalue weighted by atomic mass is 35.5. The minimum Gasteiger partial charge on any atom is -0.224 e. The fourth-order valence-electron chi connectivity index (χ4n) is 1.14. The highest BCUT2D eigenvalue weighted by molar-refractivity contribution is 7.90. The zero-order valence-electron chi connectivity index (χ0n) is 7.88. The average Bonchev–Trinajstić information content (AvgIpc) is 2.14. The van der Waals surface area contributed by atoms with Crippen molar-refractivity contribution >= 4 is 21.4 Å². The Morgan fingerprint density at radius 1 is 1.53 bits per heavy atom. The molecule has 0 aliphatic rings. The van der Waals surface area contributed by atoms with Gasteiger partial charge in [-0.1, -0.05) is 22.8 Å². The first kappa shape index (κ1) is 11.8. The van der Waals surface area contributed by atoms with Crippen LogP contribution in [0.4, 0.5) is 0 Å². The first-order chi connectivity index (χ1) is 6.96. The van der Waals surface area contributed by atoms with Crippen molar-refractivity contribution in [1.82, 2.24) is 0 Å². The van der Waals surface area contributed by atoms with Crippen molar-refractivity contribution < 1.29 is 8.42 Å². The molecule has 80 valence electrons. The predicted molar refractivity (Wildman–Crippen MR) is 57.4 cm³/mol. The Morgan fingerprint density at radius 3 is 2.73 bits per heavy atom. The molecule has 0 aliphatic heterocycles. The van der Waals surface area contributed by atoms with Gasteiger partial charge in [0.2, 0.25) is 0 Å². The van der Waals surface area contributed by atoms with Crippen LogP contribution in [0.25, 0.3) is 10.4 Å². The number of benzene rings is 1. The lowest BCUT2D eigenvalue weighted by molar-refractivity contribution is 0.600. The summed E-state index contributed by atoms with van der Waals surface area (Å²) in [7, 11) is -3.35. The molecular weight excluding hydrogens is 238 g/mol. The molecule has 0 spiro atoms. The Hall–Kier alpha value is -1.23. The molecule has 0 saturated heterocycles. The van der Waals surface area contributed by atoms with E-state index < -0.39 is 9.84 Å². The molecule has 0 amide bonds. The van der Waals surface area contributed by atoms with Crippen LogP contribution < -0.4 is 0 Å². The van der Waals surface area contributed by atoms with Gasteiger partial charge in [-0.15, -0.1) is 0 Å². The molecule has 0 aromatic heterocycles. The Labute approximate surface area is 92.2 Å². The van der Waals surface area contributed by atoms with E-state index in [4.69, 9.17) is 17.1 Å². The van der Waals surface area contributed by atoms with Gasteiger partial charge in [0.25, 0.3) is 0 Å². The van der Waals surface area contributed by atoms with Crippen LogP contribution in [0.1, 0.15) is 5.56 Å². The lowest BCUT2D eigenvalue weighted by atomic mass is 10.2. The number of nitrogens with zero attached hydrogens (tertiary/aromatic N) is 3. The van der Waals surface area contributed by atoms with Crippen LogP contribution in [0.15, 0.2) is 28.2 Å². The van der Waals surface area contributed by atoms with E-state index in [0.717, 1.165) is 6.26 Å². The highest BCUT2D eigenvalue weighted by Crippen LogP contribution is 2.24. The van der Waals surface area contributed by atoms with Crippen molar-refractivity contribution in [3.05, 3.63) is 39.2 Å². The van der Waals surface area contributed by atoms with E-state index in [-0.39, 0.29) is 16.5 Å². The zero-order chi connectivity index (χ0) is 11.5. The second kappa shape index (κ2) is 4.53. The van der Waals surface area contributed by atoms with E-state index in [1.54, 1.807) is 6.07 Å². The Kier molecular flexibility index (Phi) is 3.57. The zero-order valence-corrected chi connectivity index (χ0v) is 9.46. The fourth-order valence-corrected chi connectivity index (χ4v) is 2.38. The Bertz CT molecular complexity index is 521. The van der Waals surface area contributed by atoms with Crippen molar-refractivity contribution in [1.29, 1.82) is 0 Å². The second-order valence-electron chi connectivity index (χ2n) is 2.88. The third-order valence-electron chi connectivity index (χ3n) is 1.77. The molecule has 7 heteroatoms. The molecule has 0 aliphatic carbocycles. The normalized spacial score (nSPS) is 10.8. The number of hydrogen-bond acceptors (Lipinski definition) is 3. The van der Waals surface area contributed by atoms with Gasteiger partial charge in [0, 0.05) is 16.2 Å². The highest BCUT2D eigenvalue weighted by Gasteiger charge is 2.14. The lowest BCUT2D eigenvalue weighted by Crippen LogP contribution is -2.02. The Balaban J connectivity index is 3.39. The van der Waals surface area contributed by atoms with Gasteiger partial charge in [-0.2, -0.15) is 0 Å². The maximum atomic E-state index is 11.4. The summed E-state index contributed by atoms with van der Waals surface area (Å²) in [5.74, 6) is 0. The first-order valence-corrected chi connectivity index (χ1v) is 6.22. The molecule has 0 fully saturated rings. The summed E-state index contributed by atoms with van der Waals surface area (Å²) < 4.78 is 22.8. The van der Waals surface area contributed by atoms with Gasteiger partial charge < -0.3 is 0 Å². The van der Waals surface area contributed by atoms with Crippen molar-refractivity contribution in [3.63, 3.8) is 0 Å². The van der Waals surface area contributed by atoms with E-state index >= 15 is 0 Å². The molecule has 15 heavy (non-hydrogen) atoms. The molecule has 1 rings (SSSR count). The van der Waals surface area contributed by atoms with Gasteiger partial charge in [0.1, 0.15) is 0 Å². The van der Waals surface area contributed by atoms with Gasteiger partial charge in [0.15, 0.2) is 9.84 Å². The fraction of sp³-hybridized carbons (Fsp3) is 0.250. The van der Waals surface area contributed by atoms with Crippen LogP contribution in [0.2, 0.25) is 5.02 Å². The third-order valence-corrected chi connectivity index (χ3v) is 3.30. The summed E-state index contributed by atoms with van der Waals surface area (Å²) in [5.41, 5.74) is 8.51. The number of sulfone groups is 1. The number of halogens is 1. The molecule has 0 unspecified atom stereocenters. The van der Waals surface area contributed by atoms with Gasteiger partial charge in [-0.3, -0.25) is 0 Å². The van der Waals surface area contributed by atoms with Crippen molar-refractivity contribution in [2.75, 3.05) is 6.26 Å². The van der Waals surface area contributed by atoms with Gasteiger partial charge in [-0.05, 0) is 23.2 Å². The molecule has 0 heterocycles. The lowest BCUT2D eigenvalue weighted by Gasteiger charge is -2.06. The van der Waals surface area contributed by atoms with Crippen LogP contribution in [-0.2, 0) is 16.4 Å². The van der Waals surface area contributed by atoms with E-state index in [2.05, 4.69) is 10.0 Å². The van der Waals surface area contributed by atoms with Crippen molar-refractivity contribution in [2.24, 2.45) is 5.11 Å². The van der Waals surface area contributed by atoms with E-state index in [1.165, 1.54) is 12.1 Å². The van der Waals surface area contributed by atoms with Crippen LogP contribution in [0.5, 0.6) is 0 Å². The summed E-state index contributed by atoms with van der Waals surface area (Å²) in [5, 5.41) is 3.59. The van der Waals surface area contributed by atoms with Crippen LogP contribution in [0.3, 0.4) is 0 Å². The topological polar surface area (TPSA) is 82.9 Å². The average molecular weight is 246 g/mol. The molecule has 0 atom stereocenters. The van der Waals surface area contributed by atoms with Crippen LogP contribution >= 0.6 is 11.6 Å². The molecule has 5 nitrogen and oxygen atoms in total. The standard InChI is InChI=1S/C8H8ClN3O2S/c1-15(13,14)8-4-2-3-7(9)6(8)5-11-12-10/h2-4H,5H2,1H3. The summed E-state index contributed by atoms with van der Waals surface area (Å²) >= 11 is 5.82. The van der Waals surface area contributed by atoms with Gasteiger partial charge in [0.05, 0.1) is 11.4 Å². The quantitative estimate of drug-likeness (QED) is 0.466. The second-order valence-corrected chi connectivity index (χ2v) is 5.27. The van der Waals surface area contributed by atoms with Gasteiger partial charge in [-0.25, -0.2) is 8.42 Å². The van der Waals surface area contributed by atoms with Crippen LogP contribution in [0, 0.1) is 0 Å². The van der Waals surface area contributed by atoms with Crippen molar-refractivity contribution in [3.8, 4) is 0 Å². The molecule has 0 N–H and O–H groups in total. The number of rotatable bonds is 3. The number of hydrogen-bond donors (Lipinski definition) is 0.